The topological polar surface area (TPSA) is 78.9 Å². The van der Waals surface area contributed by atoms with Gasteiger partial charge in [0.2, 0.25) is 0 Å². The van der Waals surface area contributed by atoms with Crippen molar-refractivity contribution in [1.29, 1.82) is 0 Å². The molecule has 0 bridgehead atoms. The quantitative estimate of drug-likeness (QED) is 0.132. The average Bonchev–Trinajstić information content (AvgIpc) is 3.26. The van der Waals surface area contributed by atoms with Gasteiger partial charge in [-0.1, -0.05) is 109 Å². The summed E-state index contributed by atoms with van der Waals surface area (Å²) in [5.74, 6) is 3.02. The SMILES string of the molecule is Cc1c(CSP2(=O)Oc3ccccc3-c3ccccc32)c(C)c(CSP2(=O)Oc3ccccc3-c3ccccc32)c(C)c1CSP1(=O)Oc2ccccc2-c2ccccc21. The van der Waals surface area contributed by atoms with Gasteiger partial charge in [-0.05, 0) is 125 Å². The molecule has 0 saturated carbocycles. The van der Waals surface area contributed by atoms with Gasteiger partial charge in [-0.25, -0.2) is 0 Å². The van der Waals surface area contributed by atoms with Gasteiger partial charge in [-0.3, -0.25) is 13.7 Å². The van der Waals surface area contributed by atoms with Crippen LogP contribution in [0, 0.1) is 20.8 Å². The van der Waals surface area contributed by atoms with Crippen molar-refractivity contribution in [1.82, 2.24) is 0 Å². The highest BCUT2D eigenvalue weighted by Crippen LogP contribution is 2.67. The molecule has 0 N–H and O–H groups in total. The fourth-order valence-corrected chi connectivity index (χ4v) is 21.6. The summed E-state index contributed by atoms with van der Waals surface area (Å²) in [5.41, 5.74) is 11.7. The number of rotatable bonds is 9. The molecular weight excluding hydrogens is 862 g/mol. The molecule has 60 heavy (non-hydrogen) atoms. The van der Waals surface area contributed by atoms with Crippen LogP contribution in [0.15, 0.2) is 146 Å². The summed E-state index contributed by atoms with van der Waals surface area (Å²) < 4.78 is 64.5. The molecule has 0 spiro atoms. The minimum atomic E-state index is -3.44. The van der Waals surface area contributed by atoms with Crippen LogP contribution in [-0.2, 0) is 31.0 Å². The van der Waals surface area contributed by atoms with Crippen molar-refractivity contribution in [2.45, 2.75) is 38.0 Å². The predicted octanol–water partition coefficient (Wildman–Crippen LogP) is 14.0. The van der Waals surface area contributed by atoms with E-state index in [4.69, 9.17) is 13.6 Å². The first-order chi connectivity index (χ1) is 29.1. The Hall–Kier alpha value is -4.32. The molecule has 0 saturated heterocycles. The van der Waals surface area contributed by atoms with Crippen molar-refractivity contribution >= 4 is 69.8 Å². The largest absolute Gasteiger partial charge is 0.432 e. The van der Waals surface area contributed by atoms with E-state index in [2.05, 4.69) is 20.8 Å². The number of hydrogen-bond donors (Lipinski definition) is 0. The maximum atomic E-state index is 15.1. The maximum absolute atomic E-state index is 15.1. The minimum absolute atomic E-state index is 0.399. The number of hydrogen-bond acceptors (Lipinski definition) is 9. The zero-order chi connectivity index (χ0) is 41.2. The first-order valence-corrected chi connectivity index (χ1v) is 29.2. The molecule has 7 aromatic carbocycles. The van der Waals surface area contributed by atoms with Crippen LogP contribution >= 0.6 is 53.9 Å². The smallest absolute Gasteiger partial charge is 0.334 e. The first-order valence-electron chi connectivity index (χ1n) is 19.6. The zero-order valence-corrected chi connectivity index (χ0v) is 38.1. The number of fused-ring (bicyclic) bond motifs is 9. The fourth-order valence-electron chi connectivity index (χ4n) is 8.44. The Labute approximate surface area is 362 Å². The fraction of sp³-hybridized carbons (Fsp3) is 0.125. The van der Waals surface area contributed by atoms with E-state index in [9.17, 15) is 0 Å². The highest BCUT2D eigenvalue weighted by atomic mass is 32.7. The summed E-state index contributed by atoms with van der Waals surface area (Å²) in [6.07, 6.45) is 0. The Morgan fingerprint density at radius 3 is 0.867 bits per heavy atom. The van der Waals surface area contributed by atoms with Gasteiger partial charge in [0.15, 0.2) is 0 Å². The van der Waals surface area contributed by atoms with E-state index in [1.54, 1.807) is 0 Å². The van der Waals surface area contributed by atoms with Gasteiger partial charge in [0.25, 0.3) is 0 Å². The summed E-state index contributed by atoms with van der Waals surface area (Å²) in [7, 11) is 0. The second-order valence-corrected chi connectivity index (χ2v) is 28.2. The third kappa shape index (κ3) is 6.74. The minimum Gasteiger partial charge on any atom is -0.432 e. The van der Waals surface area contributed by atoms with E-state index in [0.29, 0.717) is 50.4 Å². The van der Waals surface area contributed by atoms with Crippen LogP contribution in [0.3, 0.4) is 0 Å². The van der Waals surface area contributed by atoms with E-state index in [1.807, 2.05) is 146 Å². The van der Waals surface area contributed by atoms with Gasteiger partial charge in [0.1, 0.15) is 17.2 Å². The van der Waals surface area contributed by atoms with Crippen LogP contribution in [-0.4, -0.2) is 0 Å². The second kappa shape index (κ2) is 15.5. The molecule has 0 fully saturated rings. The van der Waals surface area contributed by atoms with Gasteiger partial charge in [-0.2, -0.15) is 0 Å². The lowest BCUT2D eigenvalue weighted by Crippen LogP contribution is -2.17. The molecule has 3 atom stereocenters. The van der Waals surface area contributed by atoms with Crippen LogP contribution in [0.25, 0.3) is 33.4 Å². The van der Waals surface area contributed by atoms with Crippen LogP contribution in [0.1, 0.15) is 33.4 Å². The molecule has 3 heterocycles. The predicted molar refractivity (Wildman–Crippen MR) is 254 cm³/mol. The van der Waals surface area contributed by atoms with E-state index in [1.165, 1.54) is 34.1 Å². The molecule has 10 rings (SSSR count). The summed E-state index contributed by atoms with van der Waals surface area (Å²) in [5, 5.41) is 2.09. The van der Waals surface area contributed by atoms with Crippen molar-refractivity contribution in [3.63, 3.8) is 0 Å². The van der Waals surface area contributed by atoms with Crippen LogP contribution in [0.2, 0.25) is 0 Å². The van der Waals surface area contributed by atoms with E-state index < -0.39 is 19.7 Å². The van der Waals surface area contributed by atoms with E-state index >= 15 is 13.7 Å². The summed E-state index contributed by atoms with van der Waals surface area (Å²) in [6, 6.07) is 46.6. The Kier molecular flexibility index (Phi) is 10.3. The third-order valence-electron chi connectivity index (χ3n) is 11.6. The molecular formula is C48H39O6P3S3. The normalized spacial score (nSPS) is 20.4. The molecule has 300 valence electrons. The van der Waals surface area contributed by atoms with Gasteiger partial charge in [-0.15, -0.1) is 0 Å². The first kappa shape index (κ1) is 39.8. The Balaban J connectivity index is 1.03. The molecule has 0 radical (unpaired) electrons. The van der Waals surface area contributed by atoms with Crippen molar-refractivity contribution < 1.29 is 27.3 Å². The highest BCUT2D eigenvalue weighted by Gasteiger charge is 2.40. The molecule has 3 aliphatic heterocycles. The van der Waals surface area contributed by atoms with Gasteiger partial charge < -0.3 is 13.6 Å². The number of para-hydroxylation sites is 3. The standard InChI is InChI=1S/C48H39O6P3S3/c1-31-40(28-58-55(49)46-25-13-7-19-37(46)34-16-4-10-22-43(34)52-55)32(2)42(30-60-57(51)48-27-15-9-21-39(48)36-18-6-12-24-45(36)54-57)33(3)41(31)29-59-56(50)47-26-14-8-20-38(47)35-17-5-11-23-44(35)53-56/h4-27H,28-30H2,1-3H3. The van der Waals surface area contributed by atoms with E-state index in [-0.39, 0.29) is 0 Å². The number of benzene rings is 7. The zero-order valence-electron chi connectivity index (χ0n) is 33.0. The molecule has 0 aromatic heterocycles. The molecule has 3 aliphatic rings. The van der Waals surface area contributed by atoms with Crippen LogP contribution in [0.5, 0.6) is 17.2 Å². The lowest BCUT2D eigenvalue weighted by molar-refractivity contribution is 0.507. The van der Waals surface area contributed by atoms with Crippen molar-refractivity contribution in [3.05, 3.63) is 179 Å². The van der Waals surface area contributed by atoms with E-state index in [0.717, 1.165) is 66.8 Å². The molecule has 0 aliphatic carbocycles. The summed E-state index contributed by atoms with van der Waals surface area (Å²) >= 11 is 3.98. The molecule has 7 aromatic rings. The lowest BCUT2D eigenvalue weighted by Gasteiger charge is -2.30. The van der Waals surface area contributed by atoms with Gasteiger partial charge >= 0.3 is 19.7 Å². The molecule has 3 unspecified atom stereocenters. The lowest BCUT2D eigenvalue weighted by atomic mass is 9.90. The van der Waals surface area contributed by atoms with Crippen molar-refractivity contribution in [3.8, 4) is 50.6 Å². The van der Waals surface area contributed by atoms with Crippen molar-refractivity contribution in [2.24, 2.45) is 0 Å². The Bertz CT molecular complexity index is 2700. The monoisotopic (exact) mass is 900 g/mol. The second-order valence-electron chi connectivity index (χ2n) is 14.9. The Morgan fingerprint density at radius 2 is 0.583 bits per heavy atom. The Morgan fingerprint density at radius 1 is 0.350 bits per heavy atom. The highest BCUT2D eigenvalue weighted by molar-refractivity contribution is 8.59. The van der Waals surface area contributed by atoms with Gasteiger partial charge in [0.05, 0.1) is 15.9 Å². The van der Waals surface area contributed by atoms with Gasteiger partial charge in [0, 0.05) is 50.6 Å². The summed E-state index contributed by atoms with van der Waals surface area (Å²) in [4.78, 5) is 0. The molecule has 6 nitrogen and oxygen atoms in total. The van der Waals surface area contributed by atoms with Crippen molar-refractivity contribution in [2.75, 3.05) is 0 Å². The maximum Gasteiger partial charge on any atom is 0.334 e. The summed E-state index contributed by atoms with van der Waals surface area (Å²) in [6.45, 7) is -4.01. The third-order valence-corrected chi connectivity index (χ3v) is 24.8. The molecule has 12 heteroatoms. The average molecular weight is 901 g/mol. The molecule has 0 amide bonds. The van der Waals surface area contributed by atoms with Crippen LogP contribution < -0.4 is 29.5 Å². The van der Waals surface area contributed by atoms with Crippen LogP contribution in [0.4, 0.5) is 0 Å².